The van der Waals surface area contributed by atoms with Crippen LogP contribution in [0.3, 0.4) is 0 Å². The van der Waals surface area contributed by atoms with Crippen LogP contribution in [0.2, 0.25) is 5.02 Å². The van der Waals surface area contributed by atoms with E-state index >= 15 is 0 Å². The quantitative estimate of drug-likeness (QED) is 0.267. The summed E-state index contributed by atoms with van der Waals surface area (Å²) in [4.78, 5) is 27.3. The molecule has 1 N–H and O–H groups in total. The van der Waals surface area contributed by atoms with Gasteiger partial charge >= 0.3 is 0 Å². The molecule has 1 fully saturated rings. The first-order valence-corrected chi connectivity index (χ1v) is 12.7. The van der Waals surface area contributed by atoms with Crippen LogP contribution in [0.1, 0.15) is 11.1 Å². The molecule has 1 aliphatic heterocycles. The smallest absolute Gasteiger partial charge is 0.270 e. The first kappa shape index (κ1) is 26.5. The van der Waals surface area contributed by atoms with Crippen molar-refractivity contribution in [3.63, 3.8) is 0 Å². The molecule has 1 saturated heterocycles. The Kier molecular flexibility index (Phi) is 8.38. The molecule has 0 aromatic heterocycles. The molecule has 37 heavy (non-hydrogen) atoms. The molecular weight excluding hydrogens is 532 g/mol. The van der Waals surface area contributed by atoms with Crippen LogP contribution in [0.25, 0.3) is 6.08 Å². The standard InChI is InChI=1S/C27H23ClN2O5S2/c1-16-4-6-18(7-5-16)29-24(31)15-35-25-21(28)12-17(13-22(25)34-3)14-23-26(32)30(27(36)37-23)19-8-10-20(33-2)11-9-19/h4-14H,15H2,1-3H3,(H,29,31)/b23-14-. The fourth-order valence-electron chi connectivity index (χ4n) is 3.51. The van der Waals surface area contributed by atoms with Gasteiger partial charge in [-0.15, -0.1) is 0 Å². The van der Waals surface area contributed by atoms with E-state index in [0.29, 0.717) is 37.7 Å². The van der Waals surface area contributed by atoms with Gasteiger partial charge in [-0.2, -0.15) is 0 Å². The first-order valence-electron chi connectivity index (χ1n) is 11.1. The van der Waals surface area contributed by atoms with Crippen LogP contribution in [0, 0.1) is 6.92 Å². The van der Waals surface area contributed by atoms with Crippen LogP contribution in [0.4, 0.5) is 11.4 Å². The minimum Gasteiger partial charge on any atom is -0.497 e. The van der Waals surface area contributed by atoms with Crippen LogP contribution in [0.5, 0.6) is 17.2 Å². The summed E-state index contributed by atoms with van der Waals surface area (Å²) >= 11 is 13.1. The lowest BCUT2D eigenvalue weighted by Crippen LogP contribution is -2.27. The molecule has 0 bridgehead atoms. The molecule has 0 radical (unpaired) electrons. The van der Waals surface area contributed by atoms with Gasteiger partial charge in [0.25, 0.3) is 11.8 Å². The van der Waals surface area contributed by atoms with E-state index in [0.717, 1.165) is 5.56 Å². The van der Waals surface area contributed by atoms with Crippen molar-refractivity contribution in [2.75, 3.05) is 31.0 Å². The summed E-state index contributed by atoms with van der Waals surface area (Å²) in [7, 11) is 3.05. The lowest BCUT2D eigenvalue weighted by atomic mass is 10.1. The van der Waals surface area contributed by atoms with Crippen molar-refractivity contribution in [1.29, 1.82) is 0 Å². The number of nitrogens with one attached hydrogen (secondary N) is 1. The molecule has 0 atom stereocenters. The number of anilines is 2. The second-order valence-corrected chi connectivity index (χ2v) is 10.0. The third kappa shape index (κ3) is 6.25. The predicted molar refractivity (Wildman–Crippen MR) is 152 cm³/mol. The topological polar surface area (TPSA) is 77.1 Å². The van der Waals surface area contributed by atoms with Crippen molar-refractivity contribution < 1.29 is 23.8 Å². The Bertz CT molecular complexity index is 1370. The van der Waals surface area contributed by atoms with Crippen molar-refractivity contribution in [3.8, 4) is 17.2 Å². The van der Waals surface area contributed by atoms with Crippen molar-refractivity contribution in [2.45, 2.75) is 6.92 Å². The van der Waals surface area contributed by atoms with Gasteiger partial charge in [-0.3, -0.25) is 14.5 Å². The van der Waals surface area contributed by atoms with Crippen molar-refractivity contribution in [2.24, 2.45) is 0 Å². The van der Waals surface area contributed by atoms with E-state index in [1.54, 1.807) is 49.6 Å². The maximum absolute atomic E-state index is 13.1. The van der Waals surface area contributed by atoms with Gasteiger partial charge in [-0.05, 0) is 67.1 Å². The number of hydrogen-bond acceptors (Lipinski definition) is 7. The minimum absolute atomic E-state index is 0.228. The van der Waals surface area contributed by atoms with Gasteiger partial charge in [-0.1, -0.05) is 53.3 Å². The molecule has 1 aliphatic rings. The Labute approximate surface area is 229 Å². The van der Waals surface area contributed by atoms with Gasteiger partial charge in [0, 0.05) is 5.69 Å². The van der Waals surface area contributed by atoms with Crippen LogP contribution < -0.4 is 24.4 Å². The Morgan fingerprint density at radius 3 is 2.43 bits per heavy atom. The molecule has 0 spiro atoms. The minimum atomic E-state index is -0.340. The average molecular weight is 555 g/mol. The number of ether oxygens (including phenoxy) is 3. The number of hydrogen-bond donors (Lipinski definition) is 1. The molecule has 3 aromatic carbocycles. The fraction of sp³-hybridized carbons (Fsp3) is 0.148. The number of rotatable bonds is 8. The van der Waals surface area contributed by atoms with Crippen molar-refractivity contribution in [3.05, 3.63) is 81.7 Å². The van der Waals surface area contributed by atoms with Gasteiger partial charge in [-0.25, -0.2) is 0 Å². The molecule has 190 valence electrons. The summed E-state index contributed by atoms with van der Waals surface area (Å²) in [5.74, 6) is 0.650. The molecule has 0 aliphatic carbocycles. The molecular formula is C27H23ClN2O5S2. The molecule has 7 nitrogen and oxygen atoms in total. The monoisotopic (exact) mass is 554 g/mol. The highest BCUT2D eigenvalue weighted by atomic mass is 35.5. The molecule has 0 unspecified atom stereocenters. The van der Waals surface area contributed by atoms with Gasteiger partial charge in [0.05, 0.1) is 29.8 Å². The SMILES string of the molecule is COc1ccc(N2C(=O)/C(=C/c3cc(Cl)c(OCC(=O)Nc4ccc(C)cc4)c(OC)c3)SC2=S)cc1. The zero-order valence-corrected chi connectivity index (χ0v) is 22.6. The molecule has 10 heteroatoms. The Hall–Kier alpha value is -3.53. The lowest BCUT2D eigenvalue weighted by Gasteiger charge is -2.15. The zero-order chi connectivity index (χ0) is 26.5. The van der Waals surface area contributed by atoms with E-state index in [1.807, 2.05) is 31.2 Å². The number of carbonyl (C=O) groups excluding carboxylic acids is 2. The maximum atomic E-state index is 13.1. The Balaban J connectivity index is 1.49. The second kappa shape index (κ2) is 11.7. The number of thiocarbonyl (C=S) groups is 1. The lowest BCUT2D eigenvalue weighted by molar-refractivity contribution is -0.118. The number of amides is 2. The largest absolute Gasteiger partial charge is 0.497 e. The number of aryl methyl sites for hydroxylation is 1. The summed E-state index contributed by atoms with van der Waals surface area (Å²) in [6.07, 6.45) is 1.69. The summed E-state index contributed by atoms with van der Waals surface area (Å²) < 4.78 is 16.7. The summed E-state index contributed by atoms with van der Waals surface area (Å²) in [5, 5.41) is 3.00. The van der Waals surface area contributed by atoms with Crippen LogP contribution >= 0.6 is 35.6 Å². The van der Waals surface area contributed by atoms with Crippen LogP contribution in [0.15, 0.2) is 65.6 Å². The van der Waals surface area contributed by atoms with Crippen molar-refractivity contribution >= 4 is 69.2 Å². The summed E-state index contributed by atoms with van der Waals surface area (Å²) in [6.45, 7) is 1.71. The molecule has 3 aromatic rings. The highest BCUT2D eigenvalue weighted by Gasteiger charge is 2.33. The van der Waals surface area contributed by atoms with Gasteiger partial charge in [0.1, 0.15) is 5.75 Å². The van der Waals surface area contributed by atoms with E-state index in [-0.39, 0.29) is 29.2 Å². The number of thioether (sulfide) groups is 1. The number of nitrogens with zero attached hydrogens (tertiary/aromatic N) is 1. The van der Waals surface area contributed by atoms with E-state index in [1.165, 1.54) is 23.8 Å². The number of benzene rings is 3. The van der Waals surface area contributed by atoms with Crippen molar-refractivity contribution in [1.82, 2.24) is 0 Å². The number of methoxy groups -OCH3 is 2. The summed E-state index contributed by atoms with van der Waals surface area (Å²) in [5.41, 5.74) is 3.02. The highest BCUT2D eigenvalue weighted by molar-refractivity contribution is 8.27. The normalized spacial score (nSPS) is 14.2. The van der Waals surface area contributed by atoms with Crippen LogP contribution in [-0.2, 0) is 9.59 Å². The molecule has 4 rings (SSSR count). The third-order valence-corrected chi connectivity index (χ3v) is 6.94. The van der Waals surface area contributed by atoms with E-state index < -0.39 is 0 Å². The number of carbonyl (C=O) groups is 2. The van der Waals surface area contributed by atoms with Gasteiger partial charge in [0.15, 0.2) is 22.4 Å². The highest BCUT2D eigenvalue weighted by Crippen LogP contribution is 2.40. The first-order chi connectivity index (χ1) is 17.8. The fourth-order valence-corrected chi connectivity index (χ4v) is 5.08. The third-order valence-electron chi connectivity index (χ3n) is 5.36. The zero-order valence-electron chi connectivity index (χ0n) is 20.2. The molecule has 1 heterocycles. The second-order valence-electron chi connectivity index (χ2n) is 7.95. The maximum Gasteiger partial charge on any atom is 0.270 e. The van der Waals surface area contributed by atoms with Crippen LogP contribution in [-0.4, -0.2) is 37.0 Å². The Morgan fingerprint density at radius 2 is 1.78 bits per heavy atom. The van der Waals surface area contributed by atoms with Gasteiger partial charge < -0.3 is 19.5 Å². The van der Waals surface area contributed by atoms with E-state index in [2.05, 4.69) is 5.32 Å². The average Bonchev–Trinajstić information content (AvgIpc) is 3.16. The van der Waals surface area contributed by atoms with E-state index in [4.69, 9.17) is 38.0 Å². The van der Waals surface area contributed by atoms with E-state index in [9.17, 15) is 9.59 Å². The molecule has 0 saturated carbocycles. The molecule has 2 amide bonds. The number of halogens is 1. The van der Waals surface area contributed by atoms with Gasteiger partial charge in [0.2, 0.25) is 0 Å². The Morgan fingerprint density at radius 1 is 1.08 bits per heavy atom. The summed E-state index contributed by atoms with van der Waals surface area (Å²) in [6, 6.07) is 17.8. The predicted octanol–water partition coefficient (Wildman–Crippen LogP) is 6.09.